The third kappa shape index (κ3) is 4.65. The number of carbonyl (C=O) groups excluding carboxylic acids is 2. The number of methoxy groups -OCH3 is 2. The Hall–Kier alpha value is -3.67. The van der Waals surface area contributed by atoms with E-state index in [1.54, 1.807) is 26.0 Å². The van der Waals surface area contributed by atoms with Crippen LogP contribution in [0.3, 0.4) is 0 Å². The molecule has 0 aliphatic carbocycles. The molecular formula is C23H28N4O7S. The van der Waals surface area contributed by atoms with Gasteiger partial charge in [-0.2, -0.15) is 5.10 Å². The smallest absolute Gasteiger partial charge is 0.311 e. The number of hydrogen-bond donors (Lipinski definition) is 1. The van der Waals surface area contributed by atoms with E-state index in [2.05, 4.69) is 5.10 Å². The van der Waals surface area contributed by atoms with Crippen LogP contribution >= 0.6 is 12.2 Å². The first kappa shape index (κ1) is 25.9. The van der Waals surface area contributed by atoms with E-state index >= 15 is 0 Å². The number of rotatable bonds is 7. The number of carbonyl (C=O) groups is 2. The third-order valence-corrected chi connectivity index (χ3v) is 6.31. The Balaban J connectivity index is 2.15. The Morgan fingerprint density at radius 2 is 1.71 bits per heavy atom. The van der Waals surface area contributed by atoms with Crippen molar-refractivity contribution in [3.8, 4) is 23.1 Å². The largest absolute Gasteiger partial charge is 0.494 e. The normalized spacial score (nSPS) is 15.1. The van der Waals surface area contributed by atoms with Gasteiger partial charge in [0.25, 0.3) is 5.56 Å². The number of nitrogens with zero attached hydrogens (tertiary/aromatic N) is 4. The summed E-state index contributed by atoms with van der Waals surface area (Å²) in [7, 11) is 5.88. The number of aromatic hydroxyl groups is 1. The van der Waals surface area contributed by atoms with Gasteiger partial charge in [0.15, 0.2) is 16.3 Å². The fourth-order valence-electron chi connectivity index (χ4n) is 3.78. The molecule has 1 aliphatic heterocycles. The first-order valence-corrected chi connectivity index (χ1v) is 11.4. The first-order chi connectivity index (χ1) is 16.6. The molecule has 0 spiro atoms. The van der Waals surface area contributed by atoms with Crippen LogP contribution in [0.15, 0.2) is 22.0 Å². The standard InChI is InChI=1S/C23H28N4O7S/c1-7-17(28)27-14(11-13(24-27)19-21(30)25(3)23(35)26(4)22(19)31)12-9-15(32-5)20(16(10-12)33-6)34-18(29)8-2/h9-10,14,30H,7-8,11H2,1-6H3/t14-/m1/s1. The highest BCUT2D eigenvalue weighted by Gasteiger charge is 2.36. The van der Waals surface area contributed by atoms with E-state index in [4.69, 9.17) is 26.4 Å². The van der Waals surface area contributed by atoms with Crippen LogP contribution in [0.25, 0.3) is 0 Å². The molecular weight excluding hydrogens is 476 g/mol. The Morgan fingerprint density at radius 1 is 1.11 bits per heavy atom. The van der Waals surface area contributed by atoms with Crippen LogP contribution in [0.1, 0.15) is 50.3 Å². The molecule has 2 aromatic rings. The van der Waals surface area contributed by atoms with Gasteiger partial charge < -0.3 is 19.3 Å². The minimum absolute atomic E-state index is 0.0348. The number of amides is 1. The predicted molar refractivity (Wildman–Crippen MR) is 130 cm³/mol. The van der Waals surface area contributed by atoms with Gasteiger partial charge in [-0.15, -0.1) is 0 Å². The lowest BCUT2D eigenvalue weighted by atomic mass is 9.98. The highest BCUT2D eigenvalue weighted by Crippen LogP contribution is 2.43. The maximum Gasteiger partial charge on any atom is 0.311 e. The van der Waals surface area contributed by atoms with Crippen LogP contribution in [0.5, 0.6) is 23.1 Å². The van der Waals surface area contributed by atoms with E-state index in [1.165, 1.54) is 42.5 Å². The van der Waals surface area contributed by atoms with Crippen molar-refractivity contribution in [3.05, 3.63) is 38.4 Å². The number of benzene rings is 1. The fraction of sp³-hybridized carbons (Fsp3) is 0.435. The lowest BCUT2D eigenvalue weighted by Gasteiger charge is -2.23. The molecule has 0 saturated carbocycles. The quantitative estimate of drug-likeness (QED) is 0.347. The Labute approximate surface area is 207 Å². The molecule has 0 fully saturated rings. The predicted octanol–water partition coefficient (Wildman–Crippen LogP) is 2.58. The molecule has 1 aromatic carbocycles. The second-order valence-electron chi connectivity index (χ2n) is 7.85. The van der Waals surface area contributed by atoms with Crippen molar-refractivity contribution in [2.45, 2.75) is 39.2 Å². The molecule has 1 amide bonds. The molecule has 0 saturated heterocycles. The summed E-state index contributed by atoms with van der Waals surface area (Å²) in [6, 6.07) is 2.63. The van der Waals surface area contributed by atoms with Gasteiger partial charge in [-0.3, -0.25) is 23.5 Å². The average Bonchev–Trinajstić information content (AvgIpc) is 3.30. The molecule has 1 N–H and O–H groups in total. The van der Waals surface area contributed by atoms with Crippen molar-refractivity contribution in [2.24, 2.45) is 19.2 Å². The summed E-state index contributed by atoms with van der Waals surface area (Å²) in [6.45, 7) is 3.36. The fourth-order valence-corrected chi connectivity index (χ4v) is 3.95. The van der Waals surface area contributed by atoms with Gasteiger partial charge in [0, 0.05) is 33.4 Å². The number of hydrogen-bond acceptors (Lipinski definition) is 9. The van der Waals surface area contributed by atoms with Crippen molar-refractivity contribution < 1.29 is 28.9 Å². The molecule has 3 rings (SSSR count). The number of esters is 1. The first-order valence-electron chi connectivity index (χ1n) is 10.9. The lowest BCUT2D eigenvalue weighted by Crippen LogP contribution is -2.28. The van der Waals surface area contributed by atoms with Crippen molar-refractivity contribution in [3.63, 3.8) is 0 Å². The number of aromatic nitrogens is 2. The van der Waals surface area contributed by atoms with Crippen LogP contribution in [0.4, 0.5) is 0 Å². The van der Waals surface area contributed by atoms with Crippen LogP contribution in [-0.2, 0) is 23.7 Å². The molecule has 0 bridgehead atoms. The zero-order valence-electron chi connectivity index (χ0n) is 20.4. The van der Waals surface area contributed by atoms with Crippen molar-refractivity contribution >= 4 is 29.8 Å². The van der Waals surface area contributed by atoms with Crippen molar-refractivity contribution in [1.82, 2.24) is 14.1 Å². The number of ether oxygens (including phenoxy) is 3. The van der Waals surface area contributed by atoms with Gasteiger partial charge in [-0.1, -0.05) is 13.8 Å². The summed E-state index contributed by atoms with van der Waals surface area (Å²) in [4.78, 5) is 37.7. The minimum Gasteiger partial charge on any atom is -0.494 e. The van der Waals surface area contributed by atoms with Gasteiger partial charge in [0.1, 0.15) is 5.56 Å². The zero-order chi connectivity index (χ0) is 26.0. The van der Waals surface area contributed by atoms with Gasteiger partial charge in [-0.25, -0.2) is 5.01 Å². The van der Waals surface area contributed by atoms with Crippen molar-refractivity contribution in [1.29, 1.82) is 0 Å². The third-order valence-electron chi connectivity index (χ3n) is 5.76. The zero-order valence-corrected chi connectivity index (χ0v) is 21.3. The topological polar surface area (TPSA) is 125 Å². The number of hydrazone groups is 1. The van der Waals surface area contributed by atoms with E-state index in [-0.39, 0.29) is 64.3 Å². The molecule has 12 heteroatoms. The van der Waals surface area contributed by atoms with Crippen LogP contribution in [0.2, 0.25) is 0 Å². The molecule has 1 aliphatic rings. The Bertz CT molecular complexity index is 1300. The molecule has 35 heavy (non-hydrogen) atoms. The van der Waals surface area contributed by atoms with Gasteiger partial charge in [0.05, 0.1) is 26.0 Å². The molecule has 0 radical (unpaired) electrons. The molecule has 1 aromatic heterocycles. The molecule has 0 unspecified atom stereocenters. The lowest BCUT2D eigenvalue weighted by molar-refractivity contribution is -0.134. The second kappa shape index (κ2) is 10.3. The second-order valence-corrected chi connectivity index (χ2v) is 8.21. The summed E-state index contributed by atoms with van der Waals surface area (Å²) < 4.78 is 19.0. The highest BCUT2D eigenvalue weighted by molar-refractivity contribution is 7.71. The Kier molecular flexibility index (Phi) is 7.64. The van der Waals surface area contributed by atoms with Gasteiger partial charge in [0.2, 0.25) is 17.5 Å². The van der Waals surface area contributed by atoms with E-state index in [1.807, 2.05) is 0 Å². The average molecular weight is 505 g/mol. The van der Waals surface area contributed by atoms with Crippen LogP contribution < -0.4 is 19.8 Å². The summed E-state index contributed by atoms with van der Waals surface area (Å²) >= 11 is 5.19. The molecule has 2 heterocycles. The Morgan fingerprint density at radius 3 is 2.23 bits per heavy atom. The highest BCUT2D eigenvalue weighted by atomic mass is 32.1. The monoisotopic (exact) mass is 504 g/mol. The SMILES string of the molecule is CCC(=O)Oc1c(OC)cc([C@H]2CC(c3c(O)n(C)c(=S)n(C)c3=O)=NN2C(=O)CC)cc1OC. The van der Waals surface area contributed by atoms with Crippen molar-refractivity contribution in [2.75, 3.05) is 14.2 Å². The van der Waals surface area contributed by atoms with E-state index in [9.17, 15) is 19.5 Å². The van der Waals surface area contributed by atoms with E-state index in [0.717, 1.165) is 0 Å². The summed E-state index contributed by atoms with van der Waals surface area (Å²) in [5.41, 5.74) is 0.259. The molecule has 1 atom stereocenters. The van der Waals surface area contributed by atoms with Crippen LogP contribution in [-0.4, -0.2) is 51.1 Å². The van der Waals surface area contributed by atoms with Gasteiger partial charge in [-0.05, 0) is 29.9 Å². The van der Waals surface area contributed by atoms with E-state index < -0.39 is 17.6 Å². The summed E-state index contributed by atoms with van der Waals surface area (Å²) in [5.74, 6) is -0.493. The molecule has 188 valence electrons. The summed E-state index contributed by atoms with van der Waals surface area (Å²) in [5, 5.41) is 16.4. The minimum atomic E-state index is -0.631. The maximum absolute atomic E-state index is 13.0. The summed E-state index contributed by atoms with van der Waals surface area (Å²) in [6.07, 6.45) is 0.452. The van der Waals surface area contributed by atoms with Crippen LogP contribution in [0, 0.1) is 4.77 Å². The maximum atomic E-state index is 13.0. The molecule has 11 nitrogen and oxygen atoms in total. The van der Waals surface area contributed by atoms with Gasteiger partial charge >= 0.3 is 5.97 Å². The van der Waals surface area contributed by atoms with E-state index in [0.29, 0.717) is 5.56 Å².